The number of thiophene rings is 1. The normalized spacial score (nSPS) is 20.7. The van der Waals surface area contributed by atoms with Gasteiger partial charge in [0.2, 0.25) is 0 Å². The molecule has 7 nitrogen and oxygen atoms in total. The van der Waals surface area contributed by atoms with E-state index >= 15 is 0 Å². The van der Waals surface area contributed by atoms with Crippen molar-refractivity contribution in [2.24, 2.45) is 0 Å². The van der Waals surface area contributed by atoms with E-state index in [2.05, 4.69) is 10.00 Å². The van der Waals surface area contributed by atoms with E-state index in [1.165, 1.54) is 43.4 Å². The largest absolute Gasteiger partial charge is 0.331 e. The molecule has 2 fully saturated rings. The third-order valence-electron chi connectivity index (χ3n) is 5.89. The quantitative estimate of drug-likeness (QED) is 0.849. The minimum absolute atomic E-state index is 0.0528. The number of hydrogen-bond donors (Lipinski definition) is 1. The molecule has 3 heterocycles. The van der Waals surface area contributed by atoms with Crippen LogP contribution >= 0.6 is 11.3 Å². The van der Waals surface area contributed by atoms with E-state index in [1.54, 1.807) is 23.9 Å². The van der Waals surface area contributed by atoms with E-state index in [1.807, 2.05) is 13.0 Å². The highest BCUT2D eigenvalue weighted by Gasteiger charge is 2.31. The average molecular weight is 404 g/mol. The lowest BCUT2D eigenvalue weighted by atomic mass is 9.96. The van der Waals surface area contributed by atoms with E-state index in [4.69, 9.17) is 5.10 Å². The van der Waals surface area contributed by atoms with Gasteiger partial charge in [-0.15, -0.1) is 11.3 Å². The van der Waals surface area contributed by atoms with Crippen molar-refractivity contribution in [3.05, 3.63) is 16.6 Å². The van der Waals surface area contributed by atoms with Crippen molar-refractivity contribution in [1.29, 1.82) is 0 Å². The fourth-order valence-corrected chi connectivity index (χ4v) is 5.52. The van der Waals surface area contributed by atoms with Gasteiger partial charge < -0.3 is 15.1 Å². The van der Waals surface area contributed by atoms with Gasteiger partial charge in [0.15, 0.2) is 0 Å². The van der Waals surface area contributed by atoms with Crippen molar-refractivity contribution in [1.82, 2.24) is 24.9 Å². The molecule has 8 heteroatoms. The minimum Gasteiger partial charge on any atom is -0.331 e. The van der Waals surface area contributed by atoms with E-state index in [0.29, 0.717) is 17.5 Å². The summed E-state index contributed by atoms with van der Waals surface area (Å²) in [4.78, 5) is 30.4. The lowest BCUT2D eigenvalue weighted by molar-refractivity contribution is 0.0896. The first-order chi connectivity index (χ1) is 13.5. The summed E-state index contributed by atoms with van der Waals surface area (Å²) in [7, 11) is 3.48. The van der Waals surface area contributed by atoms with Crippen molar-refractivity contribution in [2.75, 3.05) is 20.6 Å². The zero-order valence-corrected chi connectivity index (χ0v) is 17.7. The summed E-state index contributed by atoms with van der Waals surface area (Å²) in [6.45, 7) is 2.70. The van der Waals surface area contributed by atoms with Gasteiger partial charge in [-0.1, -0.05) is 19.3 Å². The molecule has 3 amide bonds. The number of nitrogens with zero attached hydrogens (tertiary/aromatic N) is 4. The van der Waals surface area contributed by atoms with Crippen molar-refractivity contribution < 1.29 is 9.59 Å². The monoisotopic (exact) mass is 403 g/mol. The van der Waals surface area contributed by atoms with Crippen LogP contribution in [0.2, 0.25) is 0 Å². The Bertz CT molecular complexity index is 881. The van der Waals surface area contributed by atoms with E-state index in [9.17, 15) is 9.59 Å². The number of aromatic nitrogens is 2. The molecular weight excluding hydrogens is 374 g/mol. The summed E-state index contributed by atoms with van der Waals surface area (Å²) in [5.74, 6) is -0.0979. The highest BCUT2D eigenvalue weighted by atomic mass is 32.1. The first kappa shape index (κ1) is 19.2. The van der Waals surface area contributed by atoms with Gasteiger partial charge in [0.05, 0.1) is 16.6 Å². The molecular formula is C20H29N5O2S. The van der Waals surface area contributed by atoms with Crippen molar-refractivity contribution in [3.63, 3.8) is 0 Å². The van der Waals surface area contributed by atoms with Gasteiger partial charge in [-0.05, 0) is 38.7 Å². The number of amides is 3. The number of nitrogens with one attached hydrogen (secondary N) is 1. The minimum atomic E-state index is -0.233. The van der Waals surface area contributed by atoms with Crippen LogP contribution < -0.4 is 5.32 Å². The first-order valence-electron chi connectivity index (χ1n) is 10.2. The predicted molar refractivity (Wildman–Crippen MR) is 111 cm³/mol. The molecule has 1 atom stereocenters. The van der Waals surface area contributed by atoms with Gasteiger partial charge in [0, 0.05) is 26.0 Å². The van der Waals surface area contributed by atoms with E-state index in [-0.39, 0.29) is 18.1 Å². The van der Waals surface area contributed by atoms with Crippen LogP contribution in [0.5, 0.6) is 0 Å². The molecule has 2 aromatic heterocycles. The third-order valence-corrected chi connectivity index (χ3v) is 7.01. The van der Waals surface area contributed by atoms with Crippen molar-refractivity contribution in [3.8, 4) is 0 Å². The number of fused-ring (bicyclic) bond motifs is 1. The Hall–Kier alpha value is -2.09. The van der Waals surface area contributed by atoms with Crippen LogP contribution in [0.3, 0.4) is 0 Å². The van der Waals surface area contributed by atoms with Crippen LogP contribution in [0.25, 0.3) is 10.2 Å². The molecule has 1 saturated heterocycles. The van der Waals surface area contributed by atoms with Gasteiger partial charge >= 0.3 is 6.03 Å². The topological polar surface area (TPSA) is 70.5 Å². The molecule has 1 unspecified atom stereocenters. The summed E-state index contributed by atoms with van der Waals surface area (Å²) >= 11 is 1.52. The number of likely N-dealkylation sites (tertiary alicyclic amines) is 1. The summed E-state index contributed by atoms with van der Waals surface area (Å²) in [5.41, 5.74) is 0.987. The molecule has 0 aromatic carbocycles. The maximum Gasteiger partial charge on any atom is 0.321 e. The van der Waals surface area contributed by atoms with Crippen LogP contribution in [0.4, 0.5) is 4.79 Å². The number of urea groups is 1. The molecule has 0 radical (unpaired) electrons. The van der Waals surface area contributed by atoms with Crippen LogP contribution in [-0.4, -0.2) is 58.3 Å². The predicted octanol–water partition coefficient (Wildman–Crippen LogP) is 3.74. The second-order valence-electron chi connectivity index (χ2n) is 8.15. The molecule has 1 N–H and O–H groups in total. The first-order valence-corrected chi connectivity index (χ1v) is 11.0. The Balaban J connectivity index is 1.54. The molecule has 1 aliphatic carbocycles. The summed E-state index contributed by atoms with van der Waals surface area (Å²) < 4.78 is 2.16. The number of carbonyl (C=O) groups is 2. The van der Waals surface area contributed by atoms with Crippen LogP contribution in [0, 0.1) is 6.92 Å². The SMILES string of the molecule is Cc1nn(C2CCCCC2)c2sc(C(=O)NC3CCCN3C(=O)N(C)C)cc12. The van der Waals surface area contributed by atoms with Gasteiger partial charge in [0.25, 0.3) is 5.91 Å². The van der Waals surface area contributed by atoms with Crippen LogP contribution in [0.15, 0.2) is 6.07 Å². The second-order valence-corrected chi connectivity index (χ2v) is 9.18. The van der Waals surface area contributed by atoms with Gasteiger partial charge in [-0.3, -0.25) is 9.48 Å². The zero-order chi connectivity index (χ0) is 19.8. The smallest absolute Gasteiger partial charge is 0.321 e. The van der Waals surface area contributed by atoms with Gasteiger partial charge in [0.1, 0.15) is 11.0 Å². The molecule has 1 saturated carbocycles. The fraction of sp³-hybridized carbons (Fsp3) is 0.650. The molecule has 4 rings (SSSR count). The second kappa shape index (κ2) is 7.73. The summed E-state index contributed by atoms with van der Waals surface area (Å²) in [6, 6.07) is 2.36. The van der Waals surface area contributed by atoms with E-state index in [0.717, 1.165) is 28.8 Å². The van der Waals surface area contributed by atoms with Gasteiger partial charge in [-0.2, -0.15) is 5.10 Å². The van der Waals surface area contributed by atoms with E-state index < -0.39 is 0 Å². The lowest BCUT2D eigenvalue weighted by Crippen LogP contribution is -2.50. The Kier molecular flexibility index (Phi) is 5.31. The molecule has 1 aliphatic heterocycles. The maximum absolute atomic E-state index is 12.9. The van der Waals surface area contributed by atoms with Crippen molar-refractivity contribution in [2.45, 2.75) is 64.1 Å². The number of aryl methyl sites for hydroxylation is 1. The number of carbonyl (C=O) groups excluding carboxylic acids is 2. The molecule has 2 aliphatic rings. The molecule has 0 spiro atoms. The standard InChI is InChI=1S/C20H29N5O2S/c1-13-15-12-16(28-19(15)25(22-13)14-8-5-4-6-9-14)18(26)21-17-10-7-11-24(17)20(27)23(2)3/h12,14,17H,4-11H2,1-3H3,(H,21,26). The zero-order valence-electron chi connectivity index (χ0n) is 16.9. The maximum atomic E-state index is 12.9. The molecule has 152 valence electrons. The average Bonchev–Trinajstić information content (AvgIpc) is 3.38. The van der Waals surface area contributed by atoms with Crippen LogP contribution in [-0.2, 0) is 0 Å². The Morgan fingerprint density at radius 2 is 1.93 bits per heavy atom. The molecule has 0 bridgehead atoms. The number of rotatable bonds is 3. The third kappa shape index (κ3) is 3.50. The molecule has 2 aromatic rings. The summed E-state index contributed by atoms with van der Waals surface area (Å²) in [6.07, 6.45) is 7.61. The van der Waals surface area contributed by atoms with Crippen molar-refractivity contribution >= 4 is 33.5 Å². The van der Waals surface area contributed by atoms with Crippen LogP contribution in [0.1, 0.15) is 66.4 Å². The highest BCUT2D eigenvalue weighted by Crippen LogP contribution is 2.35. The lowest BCUT2D eigenvalue weighted by Gasteiger charge is -2.28. The molecule has 28 heavy (non-hydrogen) atoms. The Labute approximate surface area is 169 Å². The highest BCUT2D eigenvalue weighted by molar-refractivity contribution is 7.20. The number of hydrogen-bond acceptors (Lipinski definition) is 4. The van der Waals surface area contributed by atoms with Gasteiger partial charge in [-0.25, -0.2) is 4.79 Å². The Morgan fingerprint density at radius 3 is 2.64 bits per heavy atom. The Morgan fingerprint density at radius 1 is 1.18 bits per heavy atom. The fourth-order valence-electron chi connectivity index (χ4n) is 4.38. The summed E-state index contributed by atoms with van der Waals surface area (Å²) in [5, 5.41) is 8.92.